The zero-order valence-corrected chi connectivity index (χ0v) is 15.0. The van der Waals surface area contributed by atoms with Gasteiger partial charge in [-0.25, -0.2) is 0 Å². The van der Waals surface area contributed by atoms with Crippen molar-refractivity contribution in [2.75, 3.05) is 33.2 Å². The number of likely N-dealkylation sites (N-methyl/N-ethyl adjacent to an activating group) is 1. The molecule has 0 aromatic rings. The molecule has 3 rings (SSSR count). The number of nitrogens with zero attached hydrogens (tertiary/aromatic N) is 3. The van der Waals surface area contributed by atoms with Gasteiger partial charge in [-0.05, 0) is 52.0 Å². The van der Waals surface area contributed by atoms with E-state index in [4.69, 9.17) is 5.73 Å². The SMILES string of the molecule is CC(=O)N1CCC[C@@H](N(C)CCN2[C@@H]3C[CH]C[C@@]2(C(N)=O)CC3)C1. The molecule has 0 spiro atoms. The average molecular weight is 335 g/mol. The van der Waals surface area contributed by atoms with Gasteiger partial charge in [0, 0.05) is 45.2 Å². The van der Waals surface area contributed by atoms with E-state index in [1.165, 1.54) is 0 Å². The van der Waals surface area contributed by atoms with Gasteiger partial charge < -0.3 is 15.5 Å². The third kappa shape index (κ3) is 3.18. The fourth-order valence-electron chi connectivity index (χ4n) is 4.84. The van der Waals surface area contributed by atoms with Gasteiger partial charge >= 0.3 is 0 Å². The number of carbonyl (C=O) groups excluding carboxylic acids is 2. The van der Waals surface area contributed by atoms with Crippen LogP contribution in [0, 0.1) is 6.42 Å². The standard InChI is InChI=1S/C18H31N4O2/c1-14(23)21-10-4-6-16(13-21)20(2)11-12-22-15-5-3-8-18(22,9-7-15)17(19)24/h3,15-16H,4-13H2,1-2H3,(H2,19,24)/t15-,16-,18+/m1/s1. The van der Waals surface area contributed by atoms with Crippen molar-refractivity contribution in [3.8, 4) is 0 Å². The van der Waals surface area contributed by atoms with E-state index in [1.807, 2.05) is 4.90 Å². The number of hydrogen-bond acceptors (Lipinski definition) is 4. The normalized spacial score (nSPS) is 33.9. The summed E-state index contributed by atoms with van der Waals surface area (Å²) in [5.74, 6) is 0.00872. The first-order valence-corrected chi connectivity index (χ1v) is 9.28. The minimum Gasteiger partial charge on any atom is -0.368 e. The average Bonchev–Trinajstić information content (AvgIpc) is 2.77. The summed E-state index contributed by atoms with van der Waals surface area (Å²) in [7, 11) is 2.14. The second kappa shape index (κ2) is 7.00. The minimum atomic E-state index is -0.443. The first-order chi connectivity index (χ1) is 11.4. The molecule has 2 N–H and O–H groups in total. The molecule has 3 heterocycles. The zero-order valence-electron chi connectivity index (χ0n) is 15.0. The summed E-state index contributed by atoms with van der Waals surface area (Å²) in [6, 6.07) is 0.890. The molecule has 0 saturated carbocycles. The van der Waals surface area contributed by atoms with Gasteiger partial charge in [-0.1, -0.05) is 0 Å². The Morgan fingerprint density at radius 1 is 1.38 bits per heavy atom. The summed E-state index contributed by atoms with van der Waals surface area (Å²) in [6.07, 6.45) is 8.29. The van der Waals surface area contributed by atoms with Crippen LogP contribution in [0.1, 0.15) is 45.4 Å². The van der Waals surface area contributed by atoms with Gasteiger partial charge in [-0.2, -0.15) is 0 Å². The summed E-state index contributed by atoms with van der Waals surface area (Å²) >= 11 is 0. The molecule has 0 aromatic heterocycles. The lowest BCUT2D eigenvalue weighted by atomic mass is 9.87. The van der Waals surface area contributed by atoms with E-state index < -0.39 is 5.54 Å². The van der Waals surface area contributed by atoms with Crippen LogP contribution in [0.2, 0.25) is 0 Å². The Morgan fingerprint density at radius 2 is 2.17 bits per heavy atom. The quantitative estimate of drug-likeness (QED) is 0.799. The second-order valence-corrected chi connectivity index (χ2v) is 7.75. The van der Waals surface area contributed by atoms with E-state index in [1.54, 1.807) is 6.92 Å². The van der Waals surface area contributed by atoms with E-state index in [2.05, 4.69) is 23.3 Å². The number of primary amides is 1. The predicted molar refractivity (Wildman–Crippen MR) is 93.1 cm³/mol. The van der Waals surface area contributed by atoms with E-state index in [-0.39, 0.29) is 11.8 Å². The van der Waals surface area contributed by atoms with E-state index >= 15 is 0 Å². The molecule has 3 atom stereocenters. The van der Waals surface area contributed by atoms with Crippen LogP contribution < -0.4 is 5.73 Å². The Hall–Kier alpha value is -1.14. The van der Waals surface area contributed by atoms with Crippen molar-refractivity contribution in [1.82, 2.24) is 14.7 Å². The highest BCUT2D eigenvalue weighted by Crippen LogP contribution is 2.43. The van der Waals surface area contributed by atoms with Crippen molar-refractivity contribution >= 4 is 11.8 Å². The Labute approximate surface area is 145 Å². The Balaban J connectivity index is 1.58. The van der Waals surface area contributed by atoms with E-state index in [0.717, 1.165) is 64.7 Å². The molecule has 135 valence electrons. The van der Waals surface area contributed by atoms with E-state index in [9.17, 15) is 9.59 Å². The lowest BCUT2D eigenvalue weighted by Crippen LogP contribution is -2.60. The Morgan fingerprint density at radius 3 is 2.88 bits per heavy atom. The molecule has 2 bridgehead atoms. The topological polar surface area (TPSA) is 69.9 Å². The van der Waals surface area contributed by atoms with Crippen LogP contribution >= 0.6 is 0 Å². The van der Waals surface area contributed by atoms with Gasteiger partial charge in [0.25, 0.3) is 0 Å². The molecular weight excluding hydrogens is 304 g/mol. The van der Waals surface area contributed by atoms with Crippen molar-refractivity contribution < 1.29 is 9.59 Å². The van der Waals surface area contributed by atoms with Crippen molar-refractivity contribution in [1.29, 1.82) is 0 Å². The number of hydrogen-bond donors (Lipinski definition) is 1. The van der Waals surface area contributed by atoms with Crippen LogP contribution in [0.15, 0.2) is 0 Å². The molecule has 3 saturated heterocycles. The largest absolute Gasteiger partial charge is 0.368 e. The molecule has 3 aliphatic heterocycles. The maximum atomic E-state index is 12.1. The fraction of sp³-hybridized carbons (Fsp3) is 0.833. The third-order valence-electron chi connectivity index (χ3n) is 6.42. The lowest BCUT2D eigenvalue weighted by molar-refractivity contribution is -0.132. The second-order valence-electron chi connectivity index (χ2n) is 7.75. The smallest absolute Gasteiger partial charge is 0.237 e. The van der Waals surface area contributed by atoms with Crippen molar-refractivity contribution in [2.45, 2.75) is 63.1 Å². The van der Waals surface area contributed by atoms with Gasteiger partial charge in [0.05, 0.1) is 0 Å². The number of rotatable bonds is 5. The summed E-state index contributed by atoms with van der Waals surface area (Å²) in [4.78, 5) is 30.4. The van der Waals surface area contributed by atoms with Crippen LogP contribution in [0.3, 0.4) is 0 Å². The molecule has 0 unspecified atom stereocenters. The first kappa shape index (κ1) is 17.7. The predicted octanol–water partition coefficient (Wildman–Crippen LogP) is 0.616. The molecule has 2 amide bonds. The Kier molecular flexibility index (Phi) is 5.16. The molecule has 6 heteroatoms. The molecule has 24 heavy (non-hydrogen) atoms. The highest BCUT2D eigenvalue weighted by atomic mass is 16.2. The van der Waals surface area contributed by atoms with Crippen LogP contribution in [0.5, 0.6) is 0 Å². The Bertz CT molecular complexity index is 493. The highest BCUT2D eigenvalue weighted by molar-refractivity contribution is 5.85. The third-order valence-corrected chi connectivity index (χ3v) is 6.42. The summed E-state index contributed by atoms with van der Waals surface area (Å²) in [5.41, 5.74) is 5.33. The monoisotopic (exact) mass is 335 g/mol. The van der Waals surface area contributed by atoms with Crippen LogP contribution in [0.25, 0.3) is 0 Å². The molecule has 0 aliphatic carbocycles. The highest BCUT2D eigenvalue weighted by Gasteiger charge is 2.52. The molecule has 1 radical (unpaired) electrons. The van der Waals surface area contributed by atoms with Crippen LogP contribution in [-0.4, -0.2) is 77.4 Å². The molecular formula is C18H31N4O2. The maximum absolute atomic E-state index is 12.1. The van der Waals surface area contributed by atoms with E-state index in [0.29, 0.717) is 12.1 Å². The fourth-order valence-corrected chi connectivity index (χ4v) is 4.84. The number of nitrogens with two attached hydrogens (primary N) is 1. The van der Waals surface area contributed by atoms with Gasteiger partial charge in [0.1, 0.15) is 5.54 Å². The maximum Gasteiger partial charge on any atom is 0.237 e. The van der Waals surface area contributed by atoms with Crippen molar-refractivity contribution in [3.05, 3.63) is 6.42 Å². The van der Waals surface area contributed by atoms with Gasteiger partial charge in [0.15, 0.2) is 0 Å². The molecule has 6 nitrogen and oxygen atoms in total. The number of carbonyl (C=O) groups is 2. The lowest BCUT2D eigenvalue weighted by Gasteiger charge is -2.44. The first-order valence-electron chi connectivity index (χ1n) is 9.28. The number of piperidine rings is 2. The molecule has 3 aliphatic rings. The molecule has 3 fully saturated rings. The van der Waals surface area contributed by atoms with Gasteiger partial charge in [-0.3, -0.25) is 14.5 Å². The number of fused-ring (bicyclic) bond motifs is 2. The summed E-state index contributed by atoms with van der Waals surface area (Å²) in [6.45, 7) is 5.16. The minimum absolute atomic E-state index is 0.163. The number of likely N-dealkylation sites (tertiary alicyclic amines) is 1. The molecule has 0 aromatic carbocycles. The van der Waals surface area contributed by atoms with Crippen LogP contribution in [0.4, 0.5) is 0 Å². The van der Waals surface area contributed by atoms with Crippen LogP contribution in [-0.2, 0) is 9.59 Å². The summed E-state index contributed by atoms with van der Waals surface area (Å²) < 4.78 is 0. The summed E-state index contributed by atoms with van der Waals surface area (Å²) in [5, 5.41) is 0. The van der Waals surface area contributed by atoms with Crippen molar-refractivity contribution in [3.63, 3.8) is 0 Å². The van der Waals surface area contributed by atoms with Gasteiger partial charge in [0.2, 0.25) is 11.8 Å². The zero-order chi connectivity index (χ0) is 17.3. The number of amides is 2. The van der Waals surface area contributed by atoms with Gasteiger partial charge in [-0.15, -0.1) is 0 Å². The van der Waals surface area contributed by atoms with Crippen molar-refractivity contribution in [2.24, 2.45) is 5.73 Å².